The van der Waals surface area contributed by atoms with E-state index in [0.29, 0.717) is 6.54 Å². The number of carbonyl (C=O) groups is 2. The van der Waals surface area contributed by atoms with Crippen LogP contribution in [0.5, 0.6) is 0 Å². The largest absolute Gasteiger partial charge is 0.460 e. The number of hydrogen-bond acceptors (Lipinski definition) is 3. The monoisotopic (exact) mass is 306 g/mol. The lowest BCUT2D eigenvalue weighted by molar-refractivity contribution is -0.156. The third-order valence-corrected chi connectivity index (χ3v) is 3.83. The van der Waals surface area contributed by atoms with Crippen LogP contribution in [-0.4, -0.2) is 33.5 Å². The molecule has 0 spiro atoms. The van der Waals surface area contributed by atoms with Crippen molar-refractivity contribution in [2.45, 2.75) is 65.1 Å². The summed E-state index contributed by atoms with van der Waals surface area (Å²) in [5.41, 5.74) is 0.678. The second-order valence-corrected chi connectivity index (χ2v) is 6.72. The molecular weight excluding hydrogens is 280 g/mol. The molecule has 0 radical (unpaired) electrons. The highest BCUT2D eigenvalue weighted by Gasteiger charge is 2.29. The van der Waals surface area contributed by atoms with Gasteiger partial charge in [-0.1, -0.05) is 6.92 Å². The minimum atomic E-state index is -0.502. The smallest absolute Gasteiger partial charge is 0.306 e. The Balaban J connectivity index is 1.94. The summed E-state index contributed by atoms with van der Waals surface area (Å²) >= 11 is 0. The molecule has 0 aromatic carbocycles. The molecule has 1 atom stereocenters. The molecule has 1 aliphatic rings. The van der Waals surface area contributed by atoms with Gasteiger partial charge in [-0.3, -0.25) is 9.59 Å². The number of esters is 1. The quantitative estimate of drug-likeness (QED) is 0.804. The van der Waals surface area contributed by atoms with Crippen molar-refractivity contribution < 1.29 is 14.3 Å². The number of ether oxygens (including phenoxy) is 1. The van der Waals surface area contributed by atoms with E-state index in [-0.39, 0.29) is 30.8 Å². The maximum atomic E-state index is 12.5. The number of nitrogens with zero attached hydrogens (tertiary/aromatic N) is 2. The number of carbonyl (C=O) groups excluding carboxylic acids is 2. The molecule has 0 N–H and O–H groups in total. The fourth-order valence-electron chi connectivity index (χ4n) is 2.94. The first-order valence-corrected chi connectivity index (χ1v) is 7.98. The number of aromatic nitrogens is 1. The normalized spacial score (nSPS) is 18.0. The Morgan fingerprint density at radius 2 is 2.00 bits per heavy atom. The van der Waals surface area contributed by atoms with E-state index in [9.17, 15) is 9.59 Å². The number of fused-ring (bicyclic) bond motifs is 1. The van der Waals surface area contributed by atoms with Crippen molar-refractivity contribution in [2.24, 2.45) is 0 Å². The van der Waals surface area contributed by atoms with Crippen LogP contribution in [0.1, 0.15) is 58.7 Å². The maximum absolute atomic E-state index is 12.5. The van der Waals surface area contributed by atoms with Gasteiger partial charge in [0.15, 0.2) is 0 Å². The Morgan fingerprint density at radius 1 is 1.27 bits per heavy atom. The van der Waals surface area contributed by atoms with Gasteiger partial charge in [0.2, 0.25) is 5.91 Å². The minimum absolute atomic E-state index is 0.0326. The second kappa shape index (κ2) is 6.55. The van der Waals surface area contributed by atoms with Crippen molar-refractivity contribution in [3.05, 3.63) is 24.0 Å². The summed E-state index contributed by atoms with van der Waals surface area (Å²) in [6.45, 7) is 9.10. The van der Waals surface area contributed by atoms with E-state index >= 15 is 0 Å². The Kier molecular flexibility index (Phi) is 4.94. The van der Waals surface area contributed by atoms with E-state index in [4.69, 9.17) is 4.74 Å². The van der Waals surface area contributed by atoms with Gasteiger partial charge in [-0.05, 0) is 39.3 Å². The first-order valence-electron chi connectivity index (χ1n) is 7.98. The predicted molar refractivity (Wildman–Crippen MR) is 84.3 cm³/mol. The van der Waals surface area contributed by atoms with Crippen LogP contribution in [0, 0.1) is 0 Å². The van der Waals surface area contributed by atoms with Crippen molar-refractivity contribution in [3.8, 4) is 0 Å². The van der Waals surface area contributed by atoms with Crippen molar-refractivity contribution in [1.29, 1.82) is 0 Å². The van der Waals surface area contributed by atoms with Crippen LogP contribution >= 0.6 is 0 Å². The molecule has 1 aromatic rings. The van der Waals surface area contributed by atoms with E-state index in [1.807, 2.05) is 31.7 Å². The van der Waals surface area contributed by atoms with E-state index in [1.54, 1.807) is 0 Å². The van der Waals surface area contributed by atoms with Crippen molar-refractivity contribution in [3.63, 3.8) is 0 Å². The fraction of sp³-hybridized carbons (Fsp3) is 0.647. The molecule has 2 heterocycles. The van der Waals surface area contributed by atoms with E-state index < -0.39 is 5.60 Å². The lowest BCUT2D eigenvalue weighted by Crippen LogP contribution is -2.41. The molecule has 2 rings (SSSR count). The Labute approximate surface area is 132 Å². The molecule has 1 amide bonds. The molecule has 1 aliphatic heterocycles. The first kappa shape index (κ1) is 16.6. The highest BCUT2D eigenvalue weighted by atomic mass is 16.6. The summed E-state index contributed by atoms with van der Waals surface area (Å²) in [6, 6.07) is 4.20. The molecule has 0 saturated carbocycles. The third kappa shape index (κ3) is 3.90. The van der Waals surface area contributed by atoms with Crippen molar-refractivity contribution in [1.82, 2.24) is 9.47 Å². The average Bonchev–Trinajstić information content (AvgIpc) is 2.90. The molecule has 0 aliphatic carbocycles. The number of amides is 1. The summed E-state index contributed by atoms with van der Waals surface area (Å²) in [5, 5.41) is 0. The zero-order valence-corrected chi connectivity index (χ0v) is 14.0. The minimum Gasteiger partial charge on any atom is -0.460 e. The van der Waals surface area contributed by atoms with Crippen LogP contribution in [0.25, 0.3) is 0 Å². The zero-order chi connectivity index (χ0) is 16.3. The van der Waals surface area contributed by atoms with Crippen LogP contribution < -0.4 is 0 Å². The summed E-state index contributed by atoms with van der Waals surface area (Å²) in [7, 11) is 0. The van der Waals surface area contributed by atoms with Crippen LogP contribution in [0.2, 0.25) is 0 Å². The predicted octanol–water partition coefficient (Wildman–Crippen LogP) is 2.90. The molecule has 22 heavy (non-hydrogen) atoms. The van der Waals surface area contributed by atoms with Crippen LogP contribution in [0.3, 0.4) is 0 Å². The van der Waals surface area contributed by atoms with Gasteiger partial charge in [-0.2, -0.15) is 0 Å². The highest BCUT2D eigenvalue weighted by Crippen LogP contribution is 2.29. The van der Waals surface area contributed by atoms with Gasteiger partial charge in [0.25, 0.3) is 0 Å². The third-order valence-electron chi connectivity index (χ3n) is 3.83. The summed E-state index contributed by atoms with van der Waals surface area (Å²) in [6.07, 6.45) is 3.29. The standard InChI is InChI=1S/C17H26N2O3/c1-5-13-14-7-6-10-18(14)11-12-19(13)15(20)8-9-16(21)22-17(2,3)4/h6-7,10,13H,5,8-9,11-12H2,1-4H3/t13-/m0/s1. The summed E-state index contributed by atoms with van der Waals surface area (Å²) < 4.78 is 7.46. The lowest BCUT2D eigenvalue weighted by atomic mass is 10.1. The molecule has 0 saturated heterocycles. The Hall–Kier alpha value is -1.78. The van der Waals surface area contributed by atoms with Gasteiger partial charge in [-0.15, -0.1) is 0 Å². The van der Waals surface area contributed by atoms with Gasteiger partial charge >= 0.3 is 5.97 Å². The molecule has 122 valence electrons. The summed E-state index contributed by atoms with van der Waals surface area (Å²) in [5.74, 6) is -0.278. The van der Waals surface area contributed by atoms with E-state index in [2.05, 4.69) is 23.8 Å². The zero-order valence-electron chi connectivity index (χ0n) is 14.0. The molecule has 0 fully saturated rings. The Morgan fingerprint density at radius 3 is 2.64 bits per heavy atom. The van der Waals surface area contributed by atoms with Gasteiger partial charge in [-0.25, -0.2) is 0 Å². The van der Waals surface area contributed by atoms with Crippen molar-refractivity contribution >= 4 is 11.9 Å². The van der Waals surface area contributed by atoms with Gasteiger partial charge in [0, 0.05) is 31.4 Å². The van der Waals surface area contributed by atoms with Gasteiger partial charge < -0.3 is 14.2 Å². The molecular formula is C17H26N2O3. The fourth-order valence-corrected chi connectivity index (χ4v) is 2.94. The average molecular weight is 306 g/mol. The van der Waals surface area contributed by atoms with Crippen LogP contribution in [0.15, 0.2) is 18.3 Å². The highest BCUT2D eigenvalue weighted by molar-refractivity contribution is 5.82. The van der Waals surface area contributed by atoms with Gasteiger partial charge in [0.1, 0.15) is 5.60 Å². The van der Waals surface area contributed by atoms with Crippen molar-refractivity contribution in [2.75, 3.05) is 6.54 Å². The molecule has 5 nitrogen and oxygen atoms in total. The van der Waals surface area contributed by atoms with Gasteiger partial charge in [0.05, 0.1) is 12.5 Å². The number of hydrogen-bond donors (Lipinski definition) is 0. The molecule has 5 heteroatoms. The topological polar surface area (TPSA) is 51.5 Å². The Bertz CT molecular complexity index is 542. The number of rotatable bonds is 4. The molecule has 0 bridgehead atoms. The lowest BCUT2D eigenvalue weighted by Gasteiger charge is -2.36. The SMILES string of the molecule is CC[C@H]1c2cccn2CCN1C(=O)CCC(=O)OC(C)(C)C. The van der Waals surface area contributed by atoms with Crippen LogP contribution in [0.4, 0.5) is 0 Å². The molecule has 1 aromatic heterocycles. The second-order valence-electron chi connectivity index (χ2n) is 6.72. The first-order chi connectivity index (χ1) is 10.3. The van der Waals surface area contributed by atoms with E-state index in [1.165, 1.54) is 5.69 Å². The van der Waals surface area contributed by atoms with E-state index in [0.717, 1.165) is 13.0 Å². The summed E-state index contributed by atoms with van der Waals surface area (Å²) in [4.78, 5) is 26.1. The van der Waals surface area contributed by atoms with Crippen LogP contribution in [-0.2, 0) is 20.9 Å². The maximum Gasteiger partial charge on any atom is 0.306 e. The molecule has 0 unspecified atom stereocenters.